The molecule has 0 bridgehead atoms. The summed E-state index contributed by atoms with van der Waals surface area (Å²) in [5.41, 5.74) is 2.33. The standard InChI is InChI=1S/C16H16N2O2/c1-4-14(19)12-6-5-9-17-16(12)18-13-10-11(2)7-8-15(13)20-3/h4-10H,1H2,2-3H3,(H,17,18). The number of nitrogens with one attached hydrogen (secondary N) is 1. The smallest absolute Gasteiger partial charge is 0.188 e. The Bertz CT molecular complexity index is 651. The van der Waals surface area contributed by atoms with E-state index in [1.807, 2.05) is 25.1 Å². The summed E-state index contributed by atoms with van der Waals surface area (Å²) in [7, 11) is 1.60. The van der Waals surface area contributed by atoms with Gasteiger partial charge in [-0.15, -0.1) is 0 Å². The van der Waals surface area contributed by atoms with E-state index >= 15 is 0 Å². The van der Waals surface area contributed by atoms with Crippen LogP contribution in [0.4, 0.5) is 11.5 Å². The number of ketones is 1. The maximum absolute atomic E-state index is 11.8. The number of benzene rings is 1. The van der Waals surface area contributed by atoms with Crippen LogP contribution >= 0.6 is 0 Å². The number of aryl methyl sites for hydroxylation is 1. The summed E-state index contributed by atoms with van der Waals surface area (Å²) in [6.45, 7) is 5.49. The van der Waals surface area contributed by atoms with Gasteiger partial charge in [-0.1, -0.05) is 12.6 Å². The molecule has 0 spiro atoms. The maximum Gasteiger partial charge on any atom is 0.188 e. The fourth-order valence-electron chi connectivity index (χ4n) is 1.86. The third-order valence-corrected chi connectivity index (χ3v) is 2.87. The first-order valence-electron chi connectivity index (χ1n) is 6.19. The summed E-state index contributed by atoms with van der Waals surface area (Å²) in [6.07, 6.45) is 2.90. The van der Waals surface area contributed by atoms with Gasteiger partial charge < -0.3 is 10.1 Å². The largest absolute Gasteiger partial charge is 0.495 e. The number of hydrogen-bond donors (Lipinski definition) is 1. The van der Waals surface area contributed by atoms with Crippen molar-refractivity contribution >= 4 is 17.3 Å². The molecule has 1 heterocycles. The molecule has 1 N–H and O–H groups in total. The van der Waals surface area contributed by atoms with Crippen molar-refractivity contribution in [2.45, 2.75) is 6.92 Å². The van der Waals surface area contributed by atoms with Gasteiger partial charge in [-0.05, 0) is 42.8 Å². The Morgan fingerprint density at radius 3 is 2.90 bits per heavy atom. The van der Waals surface area contributed by atoms with E-state index in [-0.39, 0.29) is 5.78 Å². The maximum atomic E-state index is 11.8. The lowest BCUT2D eigenvalue weighted by Gasteiger charge is -2.13. The molecule has 0 fully saturated rings. The second-order valence-electron chi connectivity index (χ2n) is 4.30. The normalized spacial score (nSPS) is 9.90. The van der Waals surface area contributed by atoms with E-state index in [1.165, 1.54) is 6.08 Å². The van der Waals surface area contributed by atoms with Crippen LogP contribution in [0, 0.1) is 6.92 Å². The molecule has 0 saturated carbocycles. The van der Waals surface area contributed by atoms with E-state index in [1.54, 1.807) is 25.4 Å². The van der Waals surface area contributed by atoms with Gasteiger partial charge in [0.05, 0.1) is 18.4 Å². The first-order valence-corrected chi connectivity index (χ1v) is 6.19. The Kier molecular flexibility index (Phi) is 4.15. The summed E-state index contributed by atoms with van der Waals surface area (Å²) in [5, 5.41) is 3.14. The zero-order valence-corrected chi connectivity index (χ0v) is 11.5. The van der Waals surface area contributed by atoms with Crippen LogP contribution in [0.1, 0.15) is 15.9 Å². The average molecular weight is 268 g/mol. The average Bonchev–Trinajstić information content (AvgIpc) is 2.47. The predicted molar refractivity (Wildman–Crippen MR) is 79.8 cm³/mol. The van der Waals surface area contributed by atoms with E-state index in [9.17, 15) is 4.79 Å². The number of pyridine rings is 1. The van der Waals surface area contributed by atoms with Crippen molar-refractivity contribution in [2.75, 3.05) is 12.4 Å². The lowest BCUT2D eigenvalue weighted by molar-refractivity contribution is 0.104. The minimum Gasteiger partial charge on any atom is -0.495 e. The summed E-state index contributed by atoms with van der Waals surface area (Å²) in [4.78, 5) is 16.0. The molecule has 4 nitrogen and oxygen atoms in total. The summed E-state index contributed by atoms with van der Waals surface area (Å²) in [5.74, 6) is 1.01. The Balaban J connectivity index is 2.42. The molecule has 1 aromatic carbocycles. The van der Waals surface area contributed by atoms with E-state index in [2.05, 4.69) is 16.9 Å². The Labute approximate surface area is 118 Å². The molecule has 0 saturated heterocycles. The first-order chi connectivity index (χ1) is 9.65. The van der Waals surface area contributed by atoms with Crippen molar-refractivity contribution in [1.29, 1.82) is 0 Å². The van der Waals surface area contributed by atoms with E-state index < -0.39 is 0 Å². The van der Waals surface area contributed by atoms with Gasteiger partial charge >= 0.3 is 0 Å². The number of ether oxygens (including phenoxy) is 1. The Morgan fingerprint density at radius 1 is 1.40 bits per heavy atom. The second-order valence-corrected chi connectivity index (χ2v) is 4.30. The SMILES string of the molecule is C=CC(=O)c1cccnc1Nc1cc(C)ccc1OC. The molecule has 102 valence electrons. The highest BCUT2D eigenvalue weighted by Crippen LogP contribution is 2.29. The van der Waals surface area contributed by atoms with Crippen LogP contribution in [0.5, 0.6) is 5.75 Å². The molecule has 1 aromatic heterocycles. The zero-order chi connectivity index (χ0) is 14.5. The number of anilines is 2. The molecule has 4 heteroatoms. The number of carbonyl (C=O) groups excluding carboxylic acids is 1. The highest BCUT2D eigenvalue weighted by atomic mass is 16.5. The fourth-order valence-corrected chi connectivity index (χ4v) is 1.86. The second kappa shape index (κ2) is 6.02. The van der Waals surface area contributed by atoms with Crippen LogP contribution in [-0.2, 0) is 0 Å². The van der Waals surface area contributed by atoms with Gasteiger partial charge in [0.15, 0.2) is 5.78 Å². The molecular weight excluding hydrogens is 252 g/mol. The van der Waals surface area contributed by atoms with Crippen LogP contribution in [0.25, 0.3) is 0 Å². The Morgan fingerprint density at radius 2 is 2.20 bits per heavy atom. The molecule has 0 amide bonds. The quantitative estimate of drug-likeness (QED) is 0.666. The summed E-state index contributed by atoms with van der Waals surface area (Å²) >= 11 is 0. The van der Waals surface area contributed by atoms with E-state index in [4.69, 9.17) is 4.74 Å². The number of aromatic nitrogens is 1. The first kappa shape index (κ1) is 13.8. The fraction of sp³-hybridized carbons (Fsp3) is 0.125. The van der Waals surface area contributed by atoms with Crippen molar-refractivity contribution in [1.82, 2.24) is 4.98 Å². The third-order valence-electron chi connectivity index (χ3n) is 2.87. The molecule has 0 radical (unpaired) electrons. The van der Waals surface area contributed by atoms with Gasteiger partial charge in [0, 0.05) is 6.20 Å². The van der Waals surface area contributed by atoms with Crippen molar-refractivity contribution < 1.29 is 9.53 Å². The molecule has 0 aliphatic carbocycles. The topological polar surface area (TPSA) is 51.2 Å². The highest BCUT2D eigenvalue weighted by Gasteiger charge is 2.11. The van der Waals surface area contributed by atoms with Crippen molar-refractivity contribution in [3.8, 4) is 5.75 Å². The number of carbonyl (C=O) groups is 1. The molecule has 2 rings (SSSR count). The van der Waals surface area contributed by atoms with Gasteiger partial charge in [-0.2, -0.15) is 0 Å². The number of rotatable bonds is 5. The number of methoxy groups -OCH3 is 1. The number of hydrogen-bond acceptors (Lipinski definition) is 4. The molecular formula is C16H16N2O2. The van der Waals surface area contributed by atoms with Crippen LogP contribution < -0.4 is 10.1 Å². The van der Waals surface area contributed by atoms with E-state index in [0.717, 1.165) is 11.3 Å². The van der Waals surface area contributed by atoms with Gasteiger partial charge in [-0.3, -0.25) is 4.79 Å². The van der Waals surface area contributed by atoms with Crippen LogP contribution in [0.2, 0.25) is 0 Å². The number of nitrogens with zero attached hydrogens (tertiary/aromatic N) is 1. The van der Waals surface area contributed by atoms with Crippen molar-refractivity contribution in [2.24, 2.45) is 0 Å². The molecule has 0 aliphatic heterocycles. The highest BCUT2D eigenvalue weighted by molar-refractivity contribution is 6.07. The van der Waals surface area contributed by atoms with Crippen LogP contribution in [0.3, 0.4) is 0 Å². The molecule has 0 atom stereocenters. The zero-order valence-electron chi connectivity index (χ0n) is 11.5. The number of allylic oxidation sites excluding steroid dienone is 1. The van der Waals surface area contributed by atoms with Crippen LogP contribution in [-0.4, -0.2) is 17.9 Å². The lowest BCUT2D eigenvalue weighted by atomic mass is 10.1. The minimum atomic E-state index is -0.174. The predicted octanol–water partition coefficient (Wildman–Crippen LogP) is 3.51. The minimum absolute atomic E-state index is 0.174. The molecule has 0 unspecified atom stereocenters. The van der Waals surface area contributed by atoms with Gasteiger partial charge in [0.25, 0.3) is 0 Å². The van der Waals surface area contributed by atoms with Gasteiger partial charge in [0.1, 0.15) is 11.6 Å². The summed E-state index contributed by atoms with van der Waals surface area (Å²) in [6, 6.07) is 9.19. The monoisotopic (exact) mass is 268 g/mol. The van der Waals surface area contributed by atoms with Gasteiger partial charge in [-0.25, -0.2) is 4.98 Å². The van der Waals surface area contributed by atoms with Crippen molar-refractivity contribution in [3.05, 3.63) is 60.3 Å². The third kappa shape index (κ3) is 2.85. The summed E-state index contributed by atoms with van der Waals surface area (Å²) < 4.78 is 5.30. The van der Waals surface area contributed by atoms with Crippen molar-refractivity contribution in [3.63, 3.8) is 0 Å². The van der Waals surface area contributed by atoms with E-state index in [0.29, 0.717) is 17.1 Å². The lowest BCUT2D eigenvalue weighted by Crippen LogP contribution is -2.04. The van der Waals surface area contributed by atoms with Gasteiger partial charge in [0.2, 0.25) is 0 Å². The van der Waals surface area contributed by atoms with Crippen LogP contribution in [0.15, 0.2) is 49.2 Å². The molecule has 20 heavy (non-hydrogen) atoms. The Hall–Kier alpha value is -2.62. The molecule has 0 aliphatic rings. The molecule has 2 aromatic rings.